The molecule has 16 heavy (non-hydrogen) atoms. The van der Waals surface area contributed by atoms with Gasteiger partial charge in [-0.05, 0) is 30.5 Å². The highest BCUT2D eigenvalue weighted by Crippen LogP contribution is 2.28. The number of hydrogen-bond acceptors (Lipinski definition) is 3. The van der Waals surface area contributed by atoms with Crippen molar-refractivity contribution in [2.24, 2.45) is 0 Å². The molecule has 3 nitrogen and oxygen atoms in total. The maximum Gasteiger partial charge on any atom is 0.102 e. The average Bonchev–Trinajstić information content (AvgIpc) is 2.39. The minimum absolute atomic E-state index is 0.219. The minimum atomic E-state index is -0.764. The Morgan fingerprint density at radius 3 is 2.81 bits per heavy atom. The van der Waals surface area contributed by atoms with Crippen LogP contribution in [0.2, 0.25) is 0 Å². The van der Waals surface area contributed by atoms with E-state index in [9.17, 15) is 5.11 Å². The monoisotopic (exact) mass is 221 g/mol. The second-order valence-electron chi connectivity index (χ2n) is 4.33. The van der Waals surface area contributed by atoms with Crippen molar-refractivity contribution >= 4 is 0 Å². The van der Waals surface area contributed by atoms with E-state index < -0.39 is 6.10 Å². The largest absolute Gasteiger partial charge is 0.393 e. The number of aliphatic hydroxyl groups excluding tert-OH is 2. The van der Waals surface area contributed by atoms with E-state index in [0.29, 0.717) is 6.04 Å². The van der Waals surface area contributed by atoms with Crippen LogP contribution in [0.25, 0.3) is 0 Å². The lowest BCUT2D eigenvalue weighted by Gasteiger charge is -2.26. The number of nitrogens with one attached hydrogen (secondary N) is 1. The molecule has 1 aliphatic heterocycles. The highest BCUT2D eigenvalue weighted by atomic mass is 16.3. The summed E-state index contributed by atoms with van der Waals surface area (Å²) >= 11 is 0. The van der Waals surface area contributed by atoms with Crippen LogP contribution in [-0.2, 0) is 0 Å². The molecule has 1 fully saturated rings. The highest BCUT2D eigenvalue weighted by molar-refractivity contribution is 5.32. The summed E-state index contributed by atoms with van der Waals surface area (Å²) in [4.78, 5) is 0. The van der Waals surface area contributed by atoms with Gasteiger partial charge in [0.1, 0.15) is 6.10 Å². The van der Waals surface area contributed by atoms with E-state index >= 15 is 0 Å². The summed E-state index contributed by atoms with van der Waals surface area (Å²) in [6.07, 6.45) is 2.79. The molecule has 2 atom stereocenters. The summed E-state index contributed by atoms with van der Waals surface area (Å²) in [6, 6.07) is 8.15. The van der Waals surface area contributed by atoms with Crippen molar-refractivity contribution in [2.75, 3.05) is 13.2 Å². The van der Waals surface area contributed by atoms with Gasteiger partial charge in [-0.25, -0.2) is 0 Å². The number of hydrogen-bond donors (Lipinski definition) is 3. The first-order chi connectivity index (χ1) is 7.83. The van der Waals surface area contributed by atoms with Crippen molar-refractivity contribution in [1.29, 1.82) is 0 Å². The Morgan fingerprint density at radius 2 is 2.12 bits per heavy atom. The molecule has 0 spiro atoms. The third-order valence-corrected chi connectivity index (χ3v) is 3.21. The van der Waals surface area contributed by atoms with Crippen LogP contribution in [-0.4, -0.2) is 23.4 Å². The summed E-state index contributed by atoms with van der Waals surface area (Å²) in [5.41, 5.74) is 1.98. The molecule has 1 aromatic rings. The molecule has 0 bridgehead atoms. The van der Waals surface area contributed by atoms with E-state index in [1.54, 1.807) is 0 Å². The number of piperidine rings is 1. The van der Waals surface area contributed by atoms with E-state index in [1.807, 2.05) is 24.3 Å². The summed E-state index contributed by atoms with van der Waals surface area (Å²) in [5, 5.41) is 22.3. The zero-order valence-corrected chi connectivity index (χ0v) is 9.39. The molecule has 0 amide bonds. The molecule has 0 aromatic heterocycles. The quantitative estimate of drug-likeness (QED) is 0.725. The van der Waals surface area contributed by atoms with Crippen molar-refractivity contribution < 1.29 is 10.2 Å². The lowest BCUT2D eigenvalue weighted by atomic mass is 9.91. The van der Waals surface area contributed by atoms with Crippen molar-refractivity contribution in [3.05, 3.63) is 35.4 Å². The van der Waals surface area contributed by atoms with Gasteiger partial charge in [-0.3, -0.25) is 0 Å². The Balaban J connectivity index is 2.24. The molecule has 1 heterocycles. The molecule has 0 saturated carbocycles. The van der Waals surface area contributed by atoms with Crippen LogP contribution in [0, 0.1) is 0 Å². The van der Waals surface area contributed by atoms with Crippen LogP contribution < -0.4 is 5.32 Å². The molecule has 0 aliphatic carbocycles. The fourth-order valence-corrected chi connectivity index (χ4v) is 2.35. The maximum atomic E-state index is 9.76. The Bertz CT molecular complexity index is 334. The lowest BCUT2D eigenvalue weighted by Crippen LogP contribution is -2.28. The van der Waals surface area contributed by atoms with Crippen molar-refractivity contribution in [3.8, 4) is 0 Å². The Morgan fingerprint density at radius 1 is 1.31 bits per heavy atom. The van der Waals surface area contributed by atoms with Gasteiger partial charge in [0, 0.05) is 6.04 Å². The van der Waals surface area contributed by atoms with Gasteiger partial charge in [-0.1, -0.05) is 30.7 Å². The van der Waals surface area contributed by atoms with Gasteiger partial charge < -0.3 is 15.5 Å². The van der Waals surface area contributed by atoms with Crippen molar-refractivity contribution in [1.82, 2.24) is 5.32 Å². The molecule has 1 aliphatic rings. The van der Waals surface area contributed by atoms with Gasteiger partial charge >= 0.3 is 0 Å². The Kier molecular flexibility index (Phi) is 3.93. The number of aliphatic hydroxyl groups is 2. The van der Waals surface area contributed by atoms with E-state index in [0.717, 1.165) is 24.1 Å². The van der Waals surface area contributed by atoms with Crippen molar-refractivity contribution in [2.45, 2.75) is 31.4 Å². The van der Waals surface area contributed by atoms with E-state index in [-0.39, 0.29) is 6.61 Å². The van der Waals surface area contributed by atoms with E-state index in [1.165, 1.54) is 12.8 Å². The van der Waals surface area contributed by atoms with E-state index in [2.05, 4.69) is 5.32 Å². The topological polar surface area (TPSA) is 52.5 Å². The first kappa shape index (κ1) is 11.6. The van der Waals surface area contributed by atoms with Gasteiger partial charge in [0.2, 0.25) is 0 Å². The molecular weight excluding hydrogens is 202 g/mol. The van der Waals surface area contributed by atoms with Crippen LogP contribution in [0.5, 0.6) is 0 Å². The average molecular weight is 221 g/mol. The van der Waals surface area contributed by atoms with Gasteiger partial charge in [-0.15, -0.1) is 0 Å². The lowest BCUT2D eigenvalue weighted by molar-refractivity contribution is 0.0942. The van der Waals surface area contributed by atoms with Crippen LogP contribution in [0.15, 0.2) is 24.3 Å². The molecular formula is C13H19NO2. The highest BCUT2D eigenvalue weighted by Gasteiger charge is 2.20. The Hall–Kier alpha value is -0.900. The summed E-state index contributed by atoms with van der Waals surface area (Å²) < 4.78 is 0. The number of rotatable bonds is 3. The van der Waals surface area contributed by atoms with Crippen molar-refractivity contribution in [3.63, 3.8) is 0 Å². The fraction of sp³-hybridized carbons (Fsp3) is 0.538. The normalized spacial score (nSPS) is 23.0. The predicted octanol–water partition coefficient (Wildman–Crippen LogP) is 1.53. The Labute approximate surface area is 96.1 Å². The third kappa shape index (κ3) is 2.43. The smallest absolute Gasteiger partial charge is 0.102 e. The van der Waals surface area contributed by atoms with Gasteiger partial charge in [0.15, 0.2) is 0 Å². The van der Waals surface area contributed by atoms with Crippen LogP contribution >= 0.6 is 0 Å². The van der Waals surface area contributed by atoms with Crippen LogP contribution in [0.1, 0.15) is 42.5 Å². The maximum absolute atomic E-state index is 9.76. The molecule has 3 N–H and O–H groups in total. The third-order valence-electron chi connectivity index (χ3n) is 3.21. The molecule has 2 rings (SSSR count). The SMILES string of the molecule is OCC(O)c1ccccc1C1CCCCN1. The summed E-state index contributed by atoms with van der Waals surface area (Å²) in [6.45, 7) is 0.817. The minimum Gasteiger partial charge on any atom is -0.393 e. The zero-order valence-electron chi connectivity index (χ0n) is 9.39. The molecule has 88 valence electrons. The summed E-state index contributed by atoms with van der Waals surface area (Å²) in [5.74, 6) is 0. The van der Waals surface area contributed by atoms with Gasteiger partial charge in [0.25, 0.3) is 0 Å². The fourth-order valence-electron chi connectivity index (χ4n) is 2.35. The molecule has 3 heteroatoms. The zero-order chi connectivity index (χ0) is 11.4. The van der Waals surface area contributed by atoms with Crippen LogP contribution in [0.3, 0.4) is 0 Å². The standard InChI is InChI=1S/C13H19NO2/c15-9-13(16)11-6-2-1-5-10(11)12-7-3-4-8-14-12/h1-2,5-6,12-16H,3-4,7-9H2. The first-order valence-electron chi connectivity index (χ1n) is 5.94. The van der Waals surface area contributed by atoms with Gasteiger partial charge in [-0.2, -0.15) is 0 Å². The molecule has 0 radical (unpaired) electrons. The predicted molar refractivity (Wildman–Crippen MR) is 63.1 cm³/mol. The molecule has 1 aromatic carbocycles. The molecule has 2 unspecified atom stereocenters. The van der Waals surface area contributed by atoms with Gasteiger partial charge in [0.05, 0.1) is 6.61 Å². The second kappa shape index (κ2) is 5.43. The molecule has 1 saturated heterocycles. The second-order valence-corrected chi connectivity index (χ2v) is 4.33. The summed E-state index contributed by atoms with van der Waals surface area (Å²) in [7, 11) is 0. The van der Waals surface area contributed by atoms with Crippen LogP contribution in [0.4, 0.5) is 0 Å². The first-order valence-corrected chi connectivity index (χ1v) is 5.94. The van der Waals surface area contributed by atoms with E-state index in [4.69, 9.17) is 5.11 Å². The number of benzene rings is 1.